The van der Waals surface area contributed by atoms with Crippen LogP contribution in [0.25, 0.3) is 0 Å². The van der Waals surface area contributed by atoms with E-state index in [-0.39, 0.29) is 0 Å². The molecule has 0 heterocycles. The van der Waals surface area contributed by atoms with Crippen molar-refractivity contribution in [3.8, 4) is 0 Å². The molecule has 2 N–H and O–H groups in total. The van der Waals surface area contributed by atoms with Gasteiger partial charge in [-0.2, -0.15) is 0 Å². The molecule has 2 heteroatoms. The molecule has 0 aliphatic carbocycles. The minimum atomic E-state index is -0.653. The molecular formula is C5H11NO. The smallest absolute Gasteiger partial charge is 0.132 e. The number of hydrogen-bond acceptors (Lipinski definition) is 2. The van der Waals surface area contributed by atoms with Crippen molar-refractivity contribution in [3.63, 3.8) is 0 Å². The number of ether oxygens (including phenoxy) is 1. The third kappa shape index (κ3) is 2.37. The van der Waals surface area contributed by atoms with Crippen LogP contribution in [0.15, 0.2) is 12.7 Å². The van der Waals surface area contributed by atoms with Crippen molar-refractivity contribution in [2.75, 3.05) is 7.11 Å². The Labute approximate surface area is 44.0 Å². The van der Waals surface area contributed by atoms with Gasteiger partial charge in [-0.25, -0.2) is 0 Å². The Balaban J connectivity index is 3.58. The quantitative estimate of drug-likeness (QED) is 0.406. The summed E-state index contributed by atoms with van der Waals surface area (Å²) in [6.07, 6.45) is 1.55. The summed E-state index contributed by atoms with van der Waals surface area (Å²) in [6.45, 7) is 5.19. The Morgan fingerprint density at radius 3 is 2.29 bits per heavy atom. The molecule has 0 fully saturated rings. The van der Waals surface area contributed by atoms with E-state index < -0.39 is 5.72 Å². The maximum atomic E-state index is 5.38. The lowest BCUT2D eigenvalue weighted by Crippen LogP contribution is -2.35. The minimum absolute atomic E-state index is 0.653. The molecule has 0 saturated carbocycles. The minimum Gasteiger partial charge on any atom is -0.361 e. The molecule has 0 rings (SSSR count). The zero-order valence-electron chi connectivity index (χ0n) is 4.77. The van der Waals surface area contributed by atoms with Crippen LogP contribution in [0.4, 0.5) is 0 Å². The molecule has 1 unspecified atom stereocenters. The van der Waals surface area contributed by atoms with Crippen molar-refractivity contribution < 1.29 is 4.74 Å². The number of rotatable bonds is 2. The second-order valence-corrected chi connectivity index (χ2v) is 1.59. The summed E-state index contributed by atoms with van der Waals surface area (Å²) in [5.74, 6) is 0. The topological polar surface area (TPSA) is 35.2 Å². The lowest BCUT2D eigenvalue weighted by molar-refractivity contribution is 0.0550. The van der Waals surface area contributed by atoms with Gasteiger partial charge in [-0.3, -0.25) is 0 Å². The van der Waals surface area contributed by atoms with Gasteiger partial charge >= 0.3 is 0 Å². The van der Waals surface area contributed by atoms with Crippen molar-refractivity contribution in [1.82, 2.24) is 0 Å². The lowest BCUT2D eigenvalue weighted by Gasteiger charge is -2.16. The summed E-state index contributed by atoms with van der Waals surface area (Å²) in [6, 6.07) is 0. The highest BCUT2D eigenvalue weighted by atomic mass is 16.5. The normalized spacial score (nSPS) is 18.1. The maximum Gasteiger partial charge on any atom is 0.132 e. The molecule has 0 aromatic heterocycles. The summed E-state index contributed by atoms with van der Waals surface area (Å²) < 4.78 is 4.75. The van der Waals surface area contributed by atoms with E-state index in [0.717, 1.165) is 0 Å². The van der Waals surface area contributed by atoms with E-state index >= 15 is 0 Å². The first kappa shape index (κ1) is 6.66. The fraction of sp³-hybridized carbons (Fsp3) is 0.600. The predicted molar refractivity (Wildman–Crippen MR) is 29.8 cm³/mol. The average Bonchev–Trinajstić information content (AvgIpc) is 1.68. The SMILES string of the molecule is C=CC(C)(N)OC. The summed E-state index contributed by atoms with van der Waals surface area (Å²) in [5.41, 5.74) is 4.72. The van der Waals surface area contributed by atoms with E-state index in [2.05, 4.69) is 6.58 Å². The number of methoxy groups -OCH3 is 1. The Bertz CT molecular complexity index is 68.5. The third-order valence-corrected chi connectivity index (χ3v) is 0.845. The predicted octanol–water partition coefficient (Wildman–Crippen LogP) is 0.494. The Morgan fingerprint density at radius 2 is 2.29 bits per heavy atom. The molecular weight excluding hydrogens is 90.1 g/mol. The van der Waals surface area contributed by atoms with Crippen LogP contribution >= 0.6 is 0 Å². The van der Waals surface area contributed by atoms with Crippen molar-refractivity contribution in [3.05, 3.63) is 12.7 Å². The average molecular weight is 101 g/mol. The van der Waals surface area contributed by atoms with Crippen LogP contribution in [0.2, 0.25) is 0 Å². The first-order valence-electron chi connectivity index (χ1n) is 2.10. The van der Waals surface area contributed by atoms with Crippen LogP contribution in [-0.2, 0) is 4.74 Å². The maximum absolute atomic E-state index is 5.38. The molecule has 0 aliphatic heterocycles. The van der Waals surface area contributed by atoms with Gasteiger partial charge in [0, 0.05) is 7.11 Å². The summed E-state index contributed by atoms with van der Waals surface area (Å²) in [4.78, 5) is 0. The van der Waals surface area contributed by atoms with E-state index in [4.69, 9.17) is 10.5 Å². The monoisotopic (exact) mass is 101 g/mol. The molecule has 0 bridgehead atoms. The van der Waals surface area contributed by atoms with Crippen molar-refractivity contribution >= 4 is 0 Å². The Morgan fingerprint density at radius 1 is 1.86 bits per heavy atom. The van der Waals surface area contributed by atoms with E-state index in [0.29, 0.717) is 0 Å². The number of nitrogens with two attached hydrogens (primary N) is 1. The second-order valence-electron chi connectivity index (χ2n) is 1.59. The van der Waals surface area contributed by atoms with E-state index in [1.54, 1.807) is 20.1 Å². The van der Waals surface area contributed by atoms with Crippen molar-refractivity contribution in [2.45, 2.75) is 12.6 Å². The van der Waals surface area contributed by atoms with Crippen LogP contribution < -0.4 is 5.73 Å². The highest BCUT2D eigenvalue weighted by Gasteiger charge is 2.08. The molecule has 0 aliphatic rings. The first-order chi connectivity index (χ1) is 3.12. The lowest BCUT2D eigenvalue weighted by atomic mass is 10.3. The molecule has 0 aromatic carbocycles. The van der Waals surface area contributed by atoms with Crippen LogP contribution in [0.1, 0.15) is 6.92 Å². The van der Waals surface area contributed by atoms with Gasteiger partial charge in [-0.1, -0.05) is 6.58 Å². The zero-order valence-corrected chi connectivity index (χ0v) is 4.77. The van der Waals surface area contributed by atoms with E-state index in [9.17, 15) is 0 Å². The Kier molecular flexibility index (Phi) is 1.99. The van der Waals surface area contributed by atoms with Gasteiger partial charge in [-0.15, -0.1) is 0 Å². The van der Waals surface area contributed by atoms with E-state index in [1.165, 1.54) is 0 Å². The van der Waals surface area contributed by atoms with Crippen LogP contribution in [-0.4, -0.2) is 12.8 Å². The van der Waals surface area contributed by atoms with Gasteiger partial charge in [0.1, 0.15) is 5.72 Å². The van der Waals surface area contributed by atoms with E-state index in [1.807, 2.05) is 0 Å². The fourth-order valence-electron chi connectivity index (χ4n) is 0.0833. The van der Waals surface area contributed by atoms with Crippen LogP contribution in [0, 0.1) is 0 Å². The standard InChI is InChI=1S/C5H11NO/c1-4-5(2,6)7-3/h4H,1,6H2,2-3H3. The van der Waals surface area contributed by atoms with Crippen molar-refractivity contribution in [1.29, 1.82) is 0 Å². The zero-order chi connectivity index (χ0) is 5.91. The van der Waals surface area contributed by atoms with Gasteiger partial charge in [-0.05, 0) is 13.0 Å². The molecule has 0 aromatic rings. The summed E-state index contributed by atoms with van der Waals surface area (Å²) in [7, 11) is 1.54. The first-order valence-corrected chi connectivity index (χ1v) is 2.10. The van der Waals surface area contributed by atoms with Gasteiger partial charge in [0.2, 0.25) is 0 Å². The molecule has 0 spiro atoms. The summed E-state index contributed by atoms with van der Waals surface area (Å²) >= 11 is 0. The van der Waals surface area contributed by atoms with Gasteiger partial charge < -0.3 is 10.5 Å². The van der Waals surface area contributed by atoms with Crippen LogP contribution in [0.5, 0.6) is 0 Å². The molecule has 42 valence electrons. The Hall–Kier alpha value is -0.340. The highest BCUT2D eigenvalue weighted by molar-refractivity contribution is 4.87. The second kappa shape index (κ2) is 2.09. The van der Waals surface area contributed by atoms with Gasteiger partial charge in [0.25, 0.3) is 0 Å². The molecule has 2 nitrogen and oxygen atoms in total. The molecule has 0 amide bonds. The molecule has 0 radical (unpaired) electrons. The largest absolute Gasteiger partial charge is 0.361 e. The van der Waals surface area contributed by atoms with Gasteiger partial charge in [0.15, 0.2) is 0 Å². The molecule has 1 atom stereocenters. The van der Waals surface area contributed by atoms with Crippen LogP contribution in [0.3, 0.4) is 0 Å². The number of hydrogen-bond donors (Lipinski definition) is 1. The highest BCUT2D eigenvalue weighted by Crippen LogP contribution is 1.97. The fourth-order valence-corrected chi connectivity index (χ4v) is 0.0833. The molecule has 7 heavy (non-hydrogen) atoms. The molecule has 0 saturated heterocycles. The van der Waals surface area contributed by atoms with Gasteiger partial charge in [0.05, 0.1) is 0 Å². The van der Waals surface area contributed by atoms with Crippen molar-refractivity contribution in [2.24, 2.45) is 5.73 Å². The third-order valence-electron chi connectivity index (χ3n) is 0.845. The summed E-state index contributed by atoms with van der Waals surface area (Å²) in [5, 5.41) is 0.